The molecule has 0 aliphatic carbocycles. The predicted octanol–water partition coefficient (Wildman–Crippen LogP) is 3.95. The van der Waals surface area contributed by atoms with Crippen LogP contribution in [0.4, 0.5) is 5.69 Å². The zero-order valence-corrected chi connectivity index (χ0v) is 14.3. The summed E-state index contributed by atoms with van der Waals surface area (Å²) in [4.78, 5) is 12.5. The second-order valence-corrected chi connectivity index (χ2v) is 6.07. The Morgan fingerprint density at radius 2 is 1.96 bits per heavy atom. The number of anilines is 1. The van der Waals surface area contributed by atoms with Crippen LogP contribution in [0.15, 0.2) is 41.0 Å². The van der Waals surface area contributed by atoms with E-state index >= 15 is 0 Å². The van der Waals surface area contributed by atoms with E-state index in [0.717, 1.165) is 12.2 Å². The van der Waals surface area contributed by atoms with Gasteiger partial charge in [-0.25, -0.2) is 0 Å². The molecule has 1 heterocycles. The minimum atomic E-state index is -0.155. The van der Waals surface area contributed by atoms with Crippen molar-refractivity contribution in [3.63, 3.8) is 0 Å². The van der Waals surface area contributed by atoms with Gasteiger partial charge in [-0.3, -0.25) is 4.79 Å². The van der Waals surface area contributed by atoms with Gasteiger partial charge >= 0.3 is 0 Å². The van der Waals surface area contributed by atoms with Crippen LogP contribution in [0.5, 0.6) is 11.5 Å². The van der Waals surface area contributed by atoms with Crippen molar-refractivity contribution in [2.24, 2.45) is 0 Å². The normalized spacial score (nSPS) is 11.8. The molecule has 0 aliphatic heterocycles. The molecule has 5 nitrogen and oxygen atoms in total. The summed E-state index contributed by atoms with van der Waals surface area (Å²) < 4.78 is 15.7. The molecule has 0 saturated carbocycles. The van der Waals surface area contributed by atoms with Crippen LogP contribution < -0.4 is 14.8 Å². The van der Waals surface area contributed by atoms with Gasteiger partial charge in [0.05, 0.1) is 31.5 Å². The first-order valence-electron chi connectivity index (χ1n) is 7.34. The minimum Gasteiger partial charge on any atom is -0.497 e. The van der Waals surface area contributed by atoms with E-state index in [4.69, 9.17) is 13.9 Å². The summed E-state index contributed by atoms with van der Waals surface area (Å²) in [7, 11) is 3.16. The Morgan fingerprint density at radius 3 is 2.48 bits per heavy atom. The van der Waals surface area contributed by atoms with Crippen molar-refractivity contribution in [2.75, 3.05) is 19.5 Å². The number of benzene rings is 1. The highest BCUT2D eigenvalue weighted by atomic mass is 32.2. The number of amides is 1. The number of furan rings is 1. The van der Waals surface area contributed by atoms with Crippen LogP contribution in [-0.2, 0) is 10.5 Å². The van der Waals surface area contributed by atoms with E-state index in [2.05, 4.69) is 5.32 Å². The topological polar surface area (TPSA) is 60.7 Å². The molecule has 0 aliphatic rings. The molecule has 23 heavy (non-hydrogen) atoms. The van der Waals surface area contributed by atoms with Gasteiger partial charge in [0.15, 0.2) is 0 Å². The maximum Gasteiger partial charge on any atom is 0.237 e. The molecule has 1 aromatic carbocycles. The van der Waals surface area contributed by atoms with E-state index in [1.165, 1.54) is 0 Å². The van der Waals surface area contributed by atoms with Gasteiger partial charge < -0.3 is 19.2 Å². The molecule has 2 aromatic rings. The van der Waals surface area contributed by atoms with Crippen LogP contribution in [0.25, 0.3) is 0 Å². The van der Waals surface area contributed by atoms with Gasteiger partial charge in [0, 0.05) is 23.9 Å². The molecule has 0 saturated heterocycles. The van der Waals surface area contributed by atoms with Crippen molar-refractivity contribution in [3.8, 4) is 11.5 Å². The van der Waals surface area contributed by atoms with E-state index in [1.54, 1.807) is 50.4 Å². The van der Waals surface area contributed by atoms with Crippen LogP contribution >= 0.6 is 11.8 Å². The zero-order chi connectivity index (χ0) is 16.7. The van der Waals surface area contributed by atoms with Gasteiger partial charge in [-0.2, -0.15) is 0 Å². The lowest BCUT2D eigenvalue weighted by Crippen LogP contribution is -2.24. The number of hydrogen-bond donors (Lipinski definition) is 1. The third-order valence-corrected chi connectivity index (χ3v) is 4.69. The third-order valence-electron chi connectivity index (χ3n) is 3.29. The largest absolute Gasteiger partial charge is 0.497 e. The van der Waals surface area contributed by atoms with Crippen LogP contribution in [0.2, 0.25) is 0 Å². The zero-order valence-electron chi connectivity index (χ0n) is 13.5. The monoisotopic (exact) mass is 335 g/mol. The fourth-order valence-electron chi connectivity index (χ4n) is 2.06. The number of carbonyl (C=O) groups is 1. The summed E-state index contributed by atoms with van der Waals surface area (Å²) >= 11 is 1.56. The van der Waals surface area contributed by atoms with E-state index in [0.29, 0.717) is 22.9 Å². The van der Waals surface area contributed by atoms with Crippen molar-refractivity contribution in [3.05, 3.63) is 42.4 Å². The standard InChI is InChI=1S/C17H21NO4S/c1-4-16(23-11-13-6-5-7-22-13)17(19)18-12-8-14(20-2)10-15(9-12)21-3/h5-10,16H,4,11H2,1-3H3,(H,18,19). The average molecular weight is 335 g/mol. The fourth-order valence-corrected chi connectivity index (χ4v) is 3.03. The summed E-state index contributed by atoms with van der Waals surface area (Å²) in [5, 5.41) is 2.77. The number of rotatable bonds is 8. The molecule has 0 spiro atoms. The molecule has 1 N–H and O–H groups in total. The Balaban J connectivity index is 2.00. The molecular formula is C17H21NO4S. The second kappa shape index (κ2) is 8.53. The Hall–Kier alpha value is -2.08. The fraction of sp³-hybridized carbons (Fsp3) is 0.353. The molecule has 1 aromatic heterocycles. The van der Waals surface area contributed by atoms with E-state index in [-0.39, 0.29) is 11.2 Å². The lowest BCUT2D eigenvalue weighted by atomic mass is 10.2. The van der Waals surface area contributed by atoms with Gasteiger partial charge in [0.1, 0.15) is 17.3 Å². The molecule has 6 heteroatoms. The molecular weight excluding hydrogens is 314 g/mol. The molecule has 0 bridgehead atoms. The summed E-state index contributed by atoms with van der Waals surface area (Å²) in [6.45, 7) is 1.99. The van der Waals surface area contributed by atoms with Crippen molar-refractivity contribution in [1.82, 2.24) is 0 Å². The summed E-state index contributed by atoms with van der Waals surface area (Å²) in [6.07, 6.45) is 2.37. The van der Waals surface area contributed by atoms with Gasteiger partial charge in [-0.05, 0) is 18.6 Å². The van der Waals surface area contributed by atoms with Crippen LogP contribution in [0.3, 0.4) is 0 Å². The number of hydrogen-bond acceptors (Lipinski definition) is 5. The lowest BCUT2D eigenvalue weighted by molar-refractivity contribution is -0.115. The first kappa shape index (κ1) is 17.3. The first-order valence-corrected chi connectivity index (χ1v) is 8.39. The maximum atomic E-state index is 12.5. The summed E-state index contributed by atoms with van der Waals surface area (Å²) in [5.74, 6) is 2.76. The average Bonchev–Trinajstić information content (AvgIpc) is 3.08. The minimum absolute atomic E-state index is 0.0423. The Bertz CT molecular complexity index is 605. The second-order valence-electron chi connectivity index (χ2n) is 4.88. The Morgan fingerprint density at radius 1 is 1.26 bits per heavy atom. The smallest absolute Gasteiger partial charge is 0.237 e. The first-order chi connectivity index (χ1) is 11.2. The van der Waals surface area contributed by atoms with Crippen LogP contribution in [0.1, 0.15) is 19.1 Å². The quantitative estimate of drug-likeness (QED) is 0.791. The summed E-state index contributed by atoms with van der Waals surface area (Å²) in [5.41, 5.74) is 0.656. The predicted molar refractivity (Wildman–Crippen MR) is 92.3 cm³/mol. The van der Waals surface area contributed by atoms with E-state index < -0.39 is 0 Å². The van der Waals surface area contributed by atoms with Crippen molar-refractivity contribution >= 4 is 23.4 Å². The molecule has 124 valence electrons. The molecule has 0 fully saturated rings. The summed E-state index contributed by atoms with van der Waals surface area (Å²) in [6, 6.07) is 9.05. The number of nitrogens with one attached hydrogen (secondary N) is 1. The third kappa shape index (κ3) is 4.96. The molecule has 1 amide bonds. The van der Waals surface area contributed by atoms with Crippen LogP contribution in [0, 0.1) is 0 Å². The molecule has 1 atom stereocenters. The van der Waals surface area contributed by atoms with Crippen molar-refractivity contribution in [1.29, 1.82) is 0 Å². The van der Waals surface area contributed by atoms with Gasteiger partial charge in [-0.1, -0.05) is 6.92 Å². The van der Waals surface area contributed by atoms with Crippen LogP contribution in [-0.4, -0.2) is 25.4 Å². The van der Waals surface area contributed by atoms with Crippen molar-refractivity contribution in [2.45, 2.75) is 24.3 Å². The van der Waals surface area contributed by atoms with E-state index in [1.807, 2.05) is 19.1 Å². The van der Waals surface area contributed by atoms with Gasteiger partial charge in [-0.15, -0.1) is 11.8 Å². The van der Waals surface area contributed by atoms with Crippen molar-refractivity contribution < 1.29 is 18.7 Å². The highest BCUT2D eigenvalue weighted by molar-refractivity contribution is 7.99. The van der Waals surface area contributed by atoms with E-state index in [9.17, 15) is 4.79 Å². The number of thioether (sulfide) groups is 1. The highest BCUT2D eigenvalue weighted by Gasteiger charge is 2.18. The molecule has 2 rings (SSSR count). The van der Waals surface area contributed by atoms with Gasteiger partial charge in [0.25, 0.3) is 0 Å². The highest BCUT2D eigenvalue weighted by Crippen LogP contribution is 2.27. The number of carbonyl (C=O) groups excluding carboxylic acids is 1. The van der Waals surface area contributed by atoms with Gasteiger partial charge in [0.2, 0.25) is 5.91 Å². The molecule has 0 radical (unpaired) electrons. The SMILES string of the molecule is CCC(SCc1ccco1)C(=O)Nc1cc(OC)cc(OC)c1. The lowest BCUT2D eigenvalue weighted by Gasteiger charge is -2.15. The number of methoxy groups -OCH3 is 2. The molecule has 1 unspecified atom stereocenters. The Labute approximate surface area is 140 Å². The maximum absolute atomic E-state index is 12.5. The Kier molecular flexibility index (Phi) is 6.40. The number of ether oxygens (including phenoxy) is 2.